The third kappa shape index (κ3) is 2.76. The second-order valence-corrected chi connectivity index (χ2v) is 6.28. The number of hydrogen-bond acceptors (Lipinski definition) is 4. The molecule has 1 fully saturated rings. The molecular formula is C12H13NO4S. The maximum atomic E-state index is 12.1. The largest absolute Gasteiger partial charge is 0.296 e. The number of nitrogens with one attached hydrogen (secondary N) is 1. The number of rotatable bonds is 3. The number of imide groups is 1. The van der Waals surface area contributed by atoms with Crippen molar-refractivity contribution in [2.45, 2.75) is 17.7 Å². The second-order valence-electron chi connectivity index (χ2n) is 4.24. The Morgan fingerprint density at radius 3 is 2.44 bits per heavy atom. The highest BCUT2D eigenvalue weighted by Crippen LogP contribution is 2.19. The van der Waals surface area contributed by atoms with Crippen LogP contribution in [-0.4, -0.2) is 26.0 Å². The first kappa shape index (κ1) is 12.8. The molecule has 1 aromatic rings. The monoisotopic (exact) mass is 267 g/mol. The molecule has 0 aromatic heterocycles. The Hall–Kier alpha value is -1.69. The van der Waals surface area contributed by atoms with Gasteiger partial charge in [-0.2, -0.15) is 0 Å². The van der Waals surface area contributed by atoms with E-state index >= 15 is 0 Å². The van der Waals surface area contributed by atoms with Crippen LogP contribution >= 0.6 is 0 Å². The lowest BCUT2D eigenvalue weighted by Gasteiger charge is -2.20. The molecular weight excluding hydrogens is 254 g/mol. The van der Waals surface area contributed by atoms with E-state index < -0.39 is 21.7 Å². The van der Waals surface area contributed by atoms with Crippen molar-refractivity contribution in [3.8, 4) is 0 Å². The number of carbonyl (C=O) groups excluding carboxylic acids is 2. The minimum atomic E-state index is -3.48. The minimum absolute atomic E-state index is 0.195. The summed E-state index contributed by atoms with van der Waals surface area (Å²) in [7, 11) is -3.48. The van der Waals surface area contributed by atoms with Gasteiger partial charge in [-0.3, -0.25) is 14.9 Å². The SMILES string of the molecule is O=C1CCC(CS(=O)(=O)c2ccccc2)C(=O)N1. The summed E-state index contributed by atoms with van der Waals surface area (Å²) in [6, 6.07) is 8.00. The predicted molar refractivity (Wildman–Crippen MR) is 64.4 cm³/mol. The van der Waals surface area contributed by atoms with E-state index in [4.69, 9.17) is 0 Å². The third-order valence-electron chi connectivity index (χ3n) is 2.88. The van der Waals surface area contributed by atoms with Gasteiger partial charge in [-0.1, -0.05) is 18.2 Å². The van der Waals surface area contributed by atoms with E-state index in [1.165, 1.54) is 12.1 Å². The van der Waals surface area contributed by atoms with E-state index in [0.29, 0.717) is 0 Å². The van der Waals surface area contributed by atoms with E-state index in [2.05, 4.69) is 5.32 Å². The van der Waals surface area contributed by atoms with Gasteiger partial charge in [0.2, 0.25) is 11.8 Å². The molecule has 0 spiro atoms. The van der Waals surface area contributed by atoms with Gasteiger partial charge < -0.3 is 0 Å². The highest BCUT2D eigenvalue weighted by Gasteiger charge is 2.31. The fourth-order valence-corrected chi connectivity index (χ4v) is 3.50. The Morgan fingerprint density at radius 1 is 1.17 bits per heavy atom. The van der Waals surface area contributed by atoms with Crippen LogP contribution in [0.15, 0.2) is 35.2 Å². The summed E-state index contributed by atoms with van der Waals surface area (Å²) in [5.74, 6) is -1.73. The van der Waals surface area contributed by atoms with Crippen LogP contribution in [-0.2, 0) is 19.4 Å². The third-order valence-corrected chi connectivity index (χ3v) is 4.71. The van der Waals surface area contributed by atoms with Gasteiger partial charge in [0.05, 0.1) is 16.6 Å². The summed E-state index contributed by atoms with van der Waals surface area (Å²) in [6.07, 6.45) is 0.484. The van der Waals surface area contributed by atoms with Crippen LogP contribution in [0.4, 0.5) is 0 Å². The van der Waals surface area contributed by atoms with Gasteiger partial charge in [-0.25, -0.2) is 8.42 Å². The van der Waals surface area contributed by atoms with E-state index in [-0.39, 0.29) is 29.4 Å². The molecule has 96 valence electrons. The van der Waals surface area contributed by atoms with Crippen molar-refractivity contribution in [3.05, 3.63) is 30.3 Å². The molecule has 0 saturated carbocycles. The summed E-state index contributed by atoms with van der Waals surface area (Å²) in [5.41, 5.74) is 0. The molecule has 0 aliphatic carbocycles. The molecule has 1 aliphatic rings. The molecule has 0 radical (unpaired) electrons. The fraction of sp³-hybridized carbons (Fsp3) is 0.333. The van der Waals surface area contributed by atoms with E-state index in [0.717, 1.165) is 0 Å². The van der Waals surface area contributed by atoms with E-state index in [1.807, 2.05) is 0 Å². The quantitative estimate of drug-likeness (QED) is 0.809. The van der Waals surface area contributed by atoms with Crippen LogP contribution in [0.25, 0.3) is 0 Å². The number of piperidine rings is 1. The first-order valence-electron chi connectivity index (χ1n) is 5.60. The lowest BCUT2D eigenvalue weighted by Crippen LogP contribution is -2.43. The van der Waals surface area contributed by atoms with Crippen molar-refractivity contribution in [1.29, 1.82) is 0 Å². The van der Waals surface area contributed by atoms with Crippen LogP contribution in [0.2, 0.25) is 0 Å². The lowest BCUT2D eigenvalue weighted by molar-refractivity contribution is -0.135. The van der Waals surface area contributed by atoms with Crippen LogP contribution in [0.1, 0.15) is 12.8 Å². The van der Waals surface area contributed by atoms with Crippen molar-refractivity contribution in [3.63, 3.8) is 0 Å². The first-order valence-corrected chi connectivity index (χ1v) is 7.26. The Kier molecular flexibility index (Phi) is 3.47. The topological polar surface area (TPSA) is 80.3 Å². The van der Waals surface area contributed by atoms with Crippen LogP contribution in [0.3, 0.4) is 0 Å². The second kappa shape index (κ2) is 4.89. The van der Waals surface area contributed by atoms with Gasteiger partial charge in [-0.05, 0) is 18.6 Å². The number of amides is 2. The smallest absolute Gasteiger partial charge is 0.230 e. The molecule has 1 N–H and O–H groups in total. The van der Waals surface area contributed by atoms with Gasteiger partial charge >= 0.3 is 0 Å². The summed E-state index contributed by atoms with van der Waals surface area (Å²) >= 11 is 0. The van der Waals surface area contributed by atoms with Gasteiger partial charge in [0.1, 0.15) is 0 Å². The molecule has 5 nitrogen and oxygen atoms in total. The maximum Gasteiger partial charge on any atom is 0.230 e. The van der Waals surface area contributed by atoms with Crippen molar-refractivity contribution >= 4 is 21.7 Å². The lowest BCUT2D eigenvalue weighted by atomic mass is 10.0. The summed E-state index contributed by atoms with van der Waals surface area (Å²) < 4.78 is 24.1. The van der Waals surface area contributed by atoms with Gasteiger partial charge in [0, 0.05) is 6.42 Å². The molecule has 18 heavy (non-hydrogen) atoms. The molecule has 1 aromatic carbocycles. The highest BCUT2D eigenvalue weighted by atomic mass is 32.2. The molecule has 2 amide bonds. The average molecular weight is 267 g/mol. The van der Waals surface area contributed by atoms with Crippen LogP contribution in [0, 0.1) is 5.92 Å². The summed E-state index contributed by atoms with van der Waals surface area (Å²) in [6.45, 7) is 0. The highest BCUT2D eigenvalue weighted by molar-refractivity contribution is 7.91. The maximum absolute atomic E-state index is 12.1. The molecule has 1 saturated heterocycles. The zero-order chi connectivity index (χ0) is 13.2. The Balaban J connectivity index is 2.14. The molecule has 1 unspecified atom stereocenters. The van der Waals surface area contributed by atoms with Crippen LogP contribution in [0.5, 0.6) is 0 Å². The molecule has 6 heteroatoms. The van der Waals surface area contributed by atoms with Crippen molar-refractivity contribution in [2.24, 2.45) is 5.92 Å². The average Bonchev–Trinajstić information content (AvgIpc) is 2.34. The van der Waals surface area contributed by atoms with Gasteiger partial charge in [0.25, 0.3) is 0 Å². The van der Waals surface area contributed by atoms with Gasteiger partial charge in [-0.15, -0.1) is 0 Å². The number of benzene rings is 1. The Bertz CT molecular complexity index is 565. The first-order chi connectivity index (χ1) is 8.49. The molecule has 0 bridgehead atoms. The standard InChI is InChI=1S/C12H13NO4S/c14-11-7-6-9(12(15)13-11)8-18(16,17)10-4-2-1-3-5-10/h1-5,9H,6-8H2,(H,13,14,15). The molecule has 2 rings (SSSR count). The van der Waals surface area contributed by atoms with E-state index in [9.17, 15) is 18.0 Å². The van der Waals surface area contributed by atoms with E-state index in [1.54, 1.807) is 18.2 Å². The van der Waals surface area contributed by atoms with Crippen molar-refractivity contribution < 1.29 is 18.0 Å². The Labute approximate surface area is 105 Å². The molecule has 1 heterocycles. The zero-order valence-electron chi connectivity index (χ0n) is 9.63. The summed E-state index contributed by atoms with van der Waals surface area (Å²) in [4.78, 5) is 22.7. The Morgan fingerprint density at radius 2 is 1.83 bits per heavy atom. The summed E-state index contributed by atoms with van der Waals surface area (Å²) in [5, 5.41) is 2.16. The predicted octanol–water partition coefficient (Wildman–Crippen LogP) is 0.513. The van der Waals surface area contributed by atoms with Gasteiger partial charge in [0.15, 0.2) is 9.84 Å². The van der Waals surface area contributed by atoms with Crippen molar-refractivity contribution in [2.75, 3.05) is 5.75 Å². The zero-order valence-corrected chi connectivity index (χ0v) is 10.4. The normalized spacial score (nSPS) is 20.6. The number of carbonyl (C=O) groups is 2. The minimum Gasteiger partial charge on any atom is -0.296 e. The number of sulfone groups is 1. The van der Waals surface area contributed by atoms with Crippen LogP contribution < -0.4 is 5.32 Å². The number of hydrogen-bond donors (Lipinski definition) is 1. The molecule has 1 atom stereocenters. The molecule has 1 aliphatic heterocycles. The fourth-order valence-electron chi connectivity index (χ4n) is 1.89. The van der Waals surface area contributed by atoms with Crippen molar-refractivity contribution in [1.82, 2.24) is 5.32 Å².